The van der Waals surface area contributed by atoms with E-state index in [0.717, 1.165) is 11.8 Å². The van der Waals surface area contributed by atoms with Gasteiger partial charge in [0.1, 0.15) is 5.75 Å². The minimum Gasteiger partial charge on any atom is -0.479 e. The third kappa shape index (κ3) is 5.21. The molecule has 2 aromatic rings. The van der Waals surface area contributed by atoms with Crippen molar-refractivity contribution in [2.75, 3.05) is 6.26 Å². The van der Waals surface area contributed by atoms with E-state index in [1.54, 1.807) is 43.3 Å². The molecule has 0 radical (unpaired) electrons. The summed E-state index contributed by atoms with van der Waals surface area (Å²) in [6.45, 7) is 3.45. The molecule has 0 aliphatic carbocycles. The maximum absolute atomic E-state index is 12.3. The Balaban J connectivity index is 2.00. The molecule has 0 spiro atoms. The van der Waals surface area contributed by atoms with E-state index < -0.39 is 15.9 Å². The number of halogens is 1. The summed E-state index contributed by atoms with van der Waals surface area (Å²) in [4.78, 5) is 12.5. The average molecular weight is 382 g/mol. The molecule has 0 heterocycles. The van der Waals surface area contributed by atoms with Gasteiger partial charge in [0.15, 0.2) is 15.9 Å². The summed E-state index contributed by atoms with van der Waals surface area (Å²) in [7, 11) is -3.24. The highest BCUT2D eigenvalue weighted by Crippen LogP contribution is 2.24. The Labute approximate surface area is 152 Å². The maximum Gasteiger partial charge on any atom is 0.261 e. The van der Waals surface area contributed by atoms with Crippen LogP contribution in [0.15, 0.2) is 53.4 Å². The second-order valence-corrected chi connectivity index (χ2v) is 8.18. The fourth-order valence-electron chi connectivity index (χ4n) is 2.20. The van der Waals surface area contributed by atoms with Crippen LogP contribution >= 0.6 is 11.6 Å². The molecular formula is C18H20ClNO4S. The number of rotatable bonds is 6. The number of hydrogen-bond donors (Lipinski definition) is 1. The molecule has 0 saturated heterocycles. The van der Waals surface area contributed by atoms with Gasteiger partial charge in [-0.15, -0.1) is 0 Å². The zero-order chi connectivity index (χ0) is 18.6. The van der Waals surface area contributed by atoms with E-state index in [2.05, 4.69) is 5.32 Å². The fourth-order valence-corrected chi connectivity index (χ4v) is 3.01. The Hall–Kier alpha value is -2.05. The Morgan fingerprint density at radius 3 is 2.24 bits per heavy atom. The van der Waals surface area contributed by atoms with Gasteiger partial charge >= 0.3 is 0 Å². The monoisotopic (exact) mass is 381 g/mol. The number of hydrogen-bond acceptors (Lipinski definition) is 4. The van der Waals surface area contributed by atoms with Crippen molar-refractivity contribution in [1.29, 1.82) is 0 Å². The Kier molecular flexibility index (Phi) is 6.08. The number of carbonyl (C=O) groups is 1. The first kappa shape index (κ1) is 19.3. The van der Waals surface area contributed by atoms with E-state index in [1.807, 2.05) is 6.92 Å². The molecule has 0 bridgehead atoms. The molecule has 1 N–H and O–H groups in total. The molecule has 5 nitrogen and oxygen atoms in total. The molecule has 0 aromatic heterocycles. The molecule has 1 amide bonds. The number of amides is 1. The molecular weight excluding hydrogens is 362 g/mol. The van der Waals surface area contributed by atoms with Gasteiger partial charge in [-0.2, -0.15) is 0 Å². The van der Waals surface area contributed by atoms with Gasteiger partial charge < -0.3 is 10.1 Å². The minimum absolute atomic E-state index is 0.241. The van der Waals surface area contributed by atoms with Crippen molar-refractivity contribution in [2.24, 2.45) is 0 Å². The Morgan fingerprint density at radius 1 is 1.08 bits per heavy atom. The number of sulfone groups is 1. The lowest BCUT2D eigenvalue weighted by atomic mass is 10.1. The lowest BCUT2D eigenvalue weighted by Gasteiger charge is -2.19. The van der Waals surface area contributed by atoms with Gasteiger partial charge in [-0.05, 0) is 43.7 Å². The number of para-hydroxylation sites is 1. The van der Waals surface area contributed by atoms with E-state index >= 15 is 0 Å². The quantitative estimate of drug-likeness (QED) is 0.832. The second-order valence-electron chi connectivity index (χ2n) is 5.76. The van der Waals surface area contributed by atoms with E-state index in [1.165, 1.54) is 12.1 Å². The normalized spacial score (nSPS) is 13.8. The van der Waals surface area contributed by atoms with Crippen LogP contribution in [0.5, 0.6) is 5.75 Å². The zero-order valence-corrected chi connectivity index (χ0v) is 15.8. The summed E-state index contributed by atoms with van der Waals surface area (Å²) in [5, 5.41) is 3.27. The van der Waals surface area contributed by atoms with E-state index in [-0.39, 0.29) is 16.8 Å². The van der Waals surface area contributed by atoms with Crippen molar-refractivity contribution in [3.05, 3.63) is 59.1 Å². The summed E-state index contributed by atoms with van der Waals surface area (Å²) in [6, 6.07) is 13.1. The first-order chi connectivity index (χ1) is 11.7. The molecule has 134 valence electrons. The van der Waals surface area contributed by atoms with Crippen molar-refractivity contribution < 1.29 is 17.9 Å². The molecule has 7 heteroatoms. The lowest BCUT2D eigenvalue weighted by molar-refractivity contribution is -0.127. The lowest BCUT2D eigenvalue weighted by Crippen LogP contribution is -2.37. The van der Waals surface area contributed by atoms with Crippen molar-refractivity contribution in [3.63, 3.8) is 0 Å². The third-order valence-corrected chi connectivity index (χ3v) is 5.12. The van der Waals surface area contributed by atoms with Gasteiger partial charge in [-0.25, -0.2) is 8.42 Å². The van der Waals surface area contributed by atoms with Gasteiger partial charge in [0.2, 0.25) is 0 Å². The van der Waals surface area contributed by atoms with Crippen LogP contribution < -0.4 is 10.1 Å². The second kappa shape index (κ2) is 7.89. The molecule has 2 rings (SSSR count). The van der Waals surface area contributed by atoms with E-state index in [0.29, 0.717) is 10.8 Å². The number of ether oxygens (including phenoxy) is 1. The van der Waals surface area contributed by atoms with Gasteiger partial charge in [0.25, 0.3) is 5.91 Å². The molecule has 25 heavy (non-hydrogen) atoms. The van der Waals surface area contributed by atoms with E-state index in [9.17, 15) is 13.2 Å². The number of nitrogens with one attached hydrogen (secondary N) is 1. The first-order valence-corrected chi connectivity index (χ1v) is 9.97. The van der Waals surface area contributed by atoms with Crippen LogP contribution in [-0.2, 0) is 14.6 Å². The van der Waals surface area contributed by atoms with Crippen LogP contribution in [0.2, 0.25) is 5.02 Å². The van der Waals surface area contributed by atoms with Crippen molar-refractivity contribution >= 4 is 27.3 Å². The molecule has 0 unspecified atom stereocenters. The van der Waals surface area contributed by atoms with Crippen LogP contribution in [0.25, 0.3) is 0 Å². The van der Waals surface area contributed by atoms with E-state index in [4.69, 9.17) is 16.3 Å². The van der Waals surface area contributed by atoms with Crippen LogP contribution in [0.3, 0.4) is 0 Å². The van der Waals surface area contributed by atoms with Crippen molar-refractivity contribution in [2.45, 2.75) is 30.9 Å². The average Bonchev–Trinajstić information content (AvgIpc) is 2.56. The highest BCUT2D eigenvalue weighted by atomic mass is 35.5. The maximum atomic E-state index is 12.3. The summed E-state index contributed by atoms with van der Waals surface area (Å²) >= 11 is 6.02. The number of carbonyl (C=O) groups excluding carboxylic acids is 1. The Morgan fingerprint density at radius 2 is 1.68 bits per heavy atom. The summed E-state index contributed by atoms with van der Waals surface area (Å²) in [5.41, 5.74) is 0.797. The predicted octanol–water partition coefficient (Wildman–Crippen LogP) is 3.39. The number of benzene rings is 2. The molecule has 0 saturated carbocycles. The van der Waals surface area contributed by atoms with Crippen LogP contribution in [0, 0.1) is 0 Å². The smallest absolute Gasteiger partial charge is 0.261 e. The molecule has 0 aliphatic rings. The van der Waals surface area contributed by atoms with Gasteiger partial charge in [-0.1, -0.05) is 35.9 Å². The highest BCUT2D eigenvalue weighted by molar-refractivity contribution is 7.90. The molecule has 0 aliphatic heterocycles. The molecule has 2 aromatic carbocycles. The van der Waals surface area contributed by atoms with Crippen LogP contribution in [0.1, 0.15) is 25.5 Å². The summed E-state index contributed by atoms with van der Waals surface area (Å²) in [5.74, 6) is 0.150. The van der Waals surface area contributed by atoms with Crippen LogP contribution in [0.4, 0.5) is 0 Å². The van der Waals surface area contributed by atoms with Crippen molar-refractivity contribution in [3.8, 4) is 5.75 Å². The largest absolute Gasteiger partial charge is 0.479 e. The van der Waals surface area contributed by atoms with Crippen LogP contribution in [-0.4, -0.2) is 26.7 Å². The summed E-state index contributed by atoms with van der Waals surface area (Å²) in [6.07, 6.45) is 0.429. The highest BCUT2D eigenvalue weighted by Gasteiger charge is 2.19. The third-order valence-electron chi connectivity index (χ3n) is 3.68. The first-order valence-electron chi connectivity index (χ1n) is 7.70. The van der Waals surface area contributed by atoms with Gasteiger partial charge in [-0.3, -0.25) is 4.79 Å². The fraction of sp³-hybridized carbons (Fsp3) is 0.278. The molecule has 2 atom stereocenters. The topological polar surface area (TPSA) is 72.5 Å². The standard InChI is InChI=1S/C18H20ClNO4S/c1-12(14-8-10-15(11-9-14)25(3,22)23)20-18(21)13(2)24-17-7-5-4-6-16(17)19/h4-13H,1-3H3,(H,20,21)/t12-,13+/m0/s1. The summed E-state index contributed by atoms with van der Waals surface area (Å²) < 4.78 is 28.6. The predicted molar refractivity (Wildman–Crippen MR) is 97.7 cm³/mol. The minimum atomic E-state index is -3.24. The molecule has 0 fully saturated rings. The van der Waals surface area contributed by atoms with Gasteiger partial charge in [0.05, 0.1) is 16.0 Å². The Bertz CT molecular complexity index is 850. The van der Waals surface area contributed by atoms with Crippen molar-refractivity contribution in [1.82, 2.24) is 5.32 Å². The van der Waals surface area contributed by atoms with Gasteiger partial charge in [0, 0.05) is 6.26 Å². The zero-order valence-electron chi connectivity index (χ0n) is 14.2. The SMILES string of the molecule is C[C@H](NC(=O)[C@@H](C)Oc1ccccc1Cl)c1ccc(S(C)(=O)=O)cc1.